The third kappa shape index (κ3) is 3.55. The Morgan fingerprint density at radius 1 is 1.24 bits per heavy atom. The number of hydrogen-bond acceptors (Lipinski definition) is 3. The summed E-state index contributed by atoms with van der Waals surface area (Å²) in [4.78, 5) is 19.1. The smallest absolute Gasteiger partial charge is 0.255 e. The lowest BCUT2D eigenvalue weighted by molar-refractivity contribution is 0.485. The van der Waals surface area contributed by atoms with Gasteiger partial charge in [0.2, 0.25) is 0 Å². The van der Waals surface area contributed by atoms with E-state index in [4.69, 9.17) is 0 Å². The predicted molar refractivity (Wildman–Crippen MR) is 80.7 cm³/mol. The zero-order valence-corrected chi connectivity index (χ0v) is 12.7. The Balaban J connectivity index is 2.22. The molecular weight excluding hydrogens is 269 g/mol. The second-order valence-electron chi connectivity index (χ2n) is 5.32. The first-order valence-electron chi connectivity index (χ1n) is 6.97. The highest BCUT2D eigenvalue weighted by atomic mass is 19.1. The van der Waals surface area contributed by atoms with Gasteiger partial charge >= 0.3 is 0 Å². The Hall–Kier alpha value is -2.01. The molecule has 0 saturated heterocycles. The summed E-state index contributed by atoms with van der Waals surface area (Å²) in [6.07, 6.45) is 0. The van der Waals surface area contributed by atoms with Gasteiger partial charge in [0, 0.05) is 17.8 Å². The molecule has 0 aliphatic heterocycles. The van der Waals surface area contributed by atoms with Crippen molar-refractivity contribution in [3.05, 3.63) is 63.1 Å². The van der Waals surface area contributed by atoms with Crippen LogP contribution < -0.4 is 10.9 Å². The number of hydrogen-bond donors (Lipinski definition) is 2. The van der Waals surface area contributed by atoms with Crippen molar-refractivity contribution >= 4 is 0 Å². The lowest BCUT2D eigenvalue weighted by Gasteiger charge is -2.21. The molecule has 1 aromatic carbocycles. The molecule has 2 aromatic rings. The largest absolute Gasteiger partial charge is 0.310 e. The number of halogens is 1. The first-order chi connectivity index (χ1) is 9.88. The van der Waals surface area contributed by atoms with E-state index in [1.807, 2.05) is 26.8 Å². The van der Waals surface area contributed by atoms with E-state index in [0.717, 1.165) is 5.56 Å². The number of nitrogens with zero attached hydrogens (tertiary/aromatic N) is 1. The first kappa shape index (κ1) is 15.4. The second-order valence-corrected chi connectivity index (χ2v) is 5.32. The van der Waals surface area contributed by atoms with E-state index in [9.17, 15) is 9.18 Å². The highest BCUT2D eigenvalue weighted by Crippen LogP contribution is 2.19. The zero-order valence-electron chi connectivity index (χ0n) is 12.7. The molecule has 2 rings (SSSR count). The number of aryl methyl sites for hydroxylation is 2. The molecule has 1 unspecified atom stereocenters. The summed E-state index contributed by atoms with van der Waals surface area (Å²) in [5.41, 5.74) is 2.04. The van der Waals surface area contributed by atoms with E-state index in [0.29, 0.717) is 17.1 Å². The Bertz CT molecular complexity index is 696. The molecule has 0 saturated carbocycles. The van der Waals surface area contributed by atoms with Crippen LogP contribution in [0.1, 0.15) is 48.6 Å². The second kappa shape index (κ2) is 6.18. The van der Waals surface area contributed by atoms with Gasteiger partial charge in [0.25, 0.3) is 5.56 Å². The maximum Gasteiger partial charge on any atom is 0.255 e. The summed E-state index contributed by atoms with van der Waals surface area (Å²) in [5, 5.41) is 3.31. The third-order valence-corrected chi connectivity index (χ3v) is 3.55. The van der Waals surface area contributed by atoms with Gasteiger partial charge in [-0.15, -0.1) is 0 Å². The summed E-state index contributed by atoms with van der Waals surface area (Å²) in [7, 11) is 0. The van der Waals surface area contributed by atoms with Crippen molar-refractivity contribution in [3.8, 4) is 0 Å². The van der Waals surface area contributed by atoms with Crippen LogP contribution in [-0.4, -0.2) is 9.97 Å². The molecule has 1 aromatic heterocycles. The van der Waals surface area contributed by atoms with Crippen molar-refractivity contribution in [2.75, 3.05) is 0 Å². The van der Waals surface area contributed by atoms with Crippen LogP contribution in [0.15, 0.2) is 29.1 Å². The van der Waals surface area contributed by atoms with E-state index in [1.54, 1.807) is 13.0 Å². The molecule has 0 aliphatic rings. The van der Waals surface area contributed by atoms with Crippen molar-refractivity contribution in [1.29, 1.82) is 0 Å². The van der Waals surface area contributed by atoms with Crippen molar-refractivity contribution in [2.45, 2.75) is 39.8 Å². The van der Waals surface area contributed by atoms with Crippen molar-refractivity contribution in [1.82, 2.24) is 15.3 Å². The van der Waals surface area contributed by atoms with Gasteiger partial charge in [-0.25, -0.2) is 9.37 Å². The molecule has 0 aliphatic carbocycles. The number of rotatable bonds is 4. The normalized spacial score (nSPS) is 14.0. The molecule has 0 fully saturated rings. The van der Waals surface area contributed by atoms with E-state index >= 15 is 0 Å². The van der Waals surface area contributed by atoms with Crippen LogP contribution in [-0.2, 0) is 0 Å². The molecule has 2 atom stereocenters. The van der Waals surface area contributed by atoms with E-state index in [-0.39, 0.29) is 23.5 Å². The fourth-order valence-electron chi connectivity index (χ4n) is 2.58. The SMILES string of the molecule is Cc1nc(C)c(C(C)N[C@H](C)c2cccc(F)c2)c(=O)[nH]1. The van der Waals surface area contributed by atoms with Gasteiger partial charge in [0.1, 0.15) is 11.6 Å². The van der Waals surface area contributed by atoms with Gasteiger partial charge in [-0.3, -0.25) is 4.79 Å². The molecule has 21 heavy (non-hydrogen) atoms. The van der Waals surface area contributed by atoms with Crippen molar-refractivity contribution in [2.24, 2.45) is 0 Å². The molecule has 4 nitrogen and oxygen atoms in total. The van der Waals surface area contributed by atoms with E-state index < -0.39 is 0 Å². The van der Waals surface area contributed by atoms with Crippen molar-refractivity contribution in [3.63, 3.8) is 0 Å². The molecule has 0 bridgehead atoms. The molecule has 0 spiro atoms. The molecule has 1 heterocycles. The van der Waals surface area contributed by atoms with Crippen LogP contribution in [0.2, 0.25) is 0 Å². The van der Waals surface area contributed by atoms with Gasteiger partial charge in [0.05, 0.1) is 5.56 Å². The Morgan fingerprint density at radius 2 is 1.95 bits per heavy atom. The zero-order chi connectivity index (χ0) is 15.6. The van der Waals surface area contributed by atoms with Gasteiger partial charge in [0.15, 0.2) is 0 Å². The Kier molecular flexibility index (Phi) is 4.53. The summed E-state index contributed by atoms with van der Waals surface area (Å²) in [5.74, 6) is 0.339. The van der Waals surface area contributed by atoms with Crippen LogP contribution in [0.3, 0.4) is 0 Å². The number of benzene rings is 1. The van der Waals surface area contributed by atoms with Gasteiger partial charge in [-0.05, 0) is 45.4 Å². The fraction of sp³-hybridized carbons (Fsp3) is 0.375. The third-order valence-electron chi connectivity index (χ3n) is 3.55. The lowest BCUT2D eigenvalue weighted by Crippen LogP contribution is -2.29. The predicted octanol–water partition coefficient (Wildman–Crippen LogP) is 2.94. The molecule has 0 radical (unpaired) electrons. The molecular formula is C16H20FN3O. The Labute approximate surface area is 123 Å². The van der Waals surface area contributed by atoms with Crippen LogP contribution in [0.5, 0.6) is 0 Å². The average molecular weight is 289 g/mol. The molecule has 5 heteroatoms. The Morgan fingerprint density at radius 3 is 2.57 bits per heavy atom. The number of nitrogens with one attached hydrogen (secondary N) is 2. The van der Waals surface area contributed by atoms with Gasteiger partial charge < -0.3 is 10.3 Å². The topological polar surface area (TPSA) is 57.8 Å². The van der Waals surface area contributed by atoms with Crippen LogP contribution in [0.4, 0.5) is 4.39 Å². The standard InChI is InChI=1S/C16H20FN3O/c1-9(13-6-5-7-14(17)8-13)18-10(2)15-11(3)19-12(4)20-16(15)21/h5-10,18H,1-4H3,(H,19,20,21)/t9-,10?/m1/s1. The monoisotopic (exact) mass is 289 g/mol. The minimum Gasteiger partial charge on any atom is -0.310 e. The van der Waals surface area contributed by atoms with E-state index in [2.05, 4.69) is 15.3 Å². The average Bonchev–Trinajstić information content (AvgIpc) is 2.37. The summed E-state index contributed by atoms with van der Waals surface area (Å²) in [6.45, 7) is 7.43. The number of aromatic amines is 1. The van der Waals surface area contributed by atoms with Crippen LogP contribution in [0.25, 0.3) is 0 Å². The number of H-pyrrole nitrogens is 1. The van der Waals surface area contributed by atoms with Crippen LogP contribution >= 0.6 is 0 Å². The highest BCUT2D eigenvalue weighted by Gasteiger charge is 2.17. The summed E-state index contributed by atoms with van der Waals surface area (Å²) < 4.78 is 13.3. The van der Waals surface area contributed by atoms with E-state index in [1.165, 1.54) is 12.1 Å². The van der Waals surface area contributed by atoms with Crippen LogP contribution in [0, 0.1) is 19.7 Å². The fourth-order valence-corrected chi connectivity index (χ4v) is 2.58. The van der Waals surface area contributed by atoms with Gasteiger partial charge in [-0.2, -0.15) is 0 Å². The minimum atomic E-state index is -0.264. The first-order valence-corrected chi connectivity index (χ1v) is 6.97. The minimum absolute atomic E-state index is 0.0733. The summed E-state index contributed by atoms with van der Waals surface area (Å²) in [6, 6.07) is 6.19. The molecule has 0 amide bonds. The quantitative estimate of drug-likeness (QED) is 0.910. The number of aromatic nitrogens is 2. The molecule has 112 valence electrons. The highest BCUT2D eigenvalue weighted by molar-refractivity contribution is 5.23. The maximum atomic E-state index is 13.3. The van der Waals surface area contributed by atoms with Crippen molar-refractivity contribution < 1.29 is 4.39 Å². The summed E-state index contributed by atoms with van der Waals surface area (Å²) >= 11 is 0. The van der Waals surface area contributed by atoms with Gasteiger partial charge in [-0.1, -0.05) is 12.1 Å². The lowest BCUT2D eigenvalue weighted by atomic mass is 10.0. The maximum absolute atomic E-state index is 13.3. The molecule has 2 N–H and O–H groups in total.